The van der Waals surface area contributed by atoms with Crippen molar-refractivity contribution < 1.29 is 0 Å². The molecule has 0 saturated carbocycles. The first-order valence-electron chi connectivity index (χ1n) is 15.0. The normalized spacial score (nSPS) is 11.0. The van der Waals surface area contributed by atoms with E-state index in [1.807, 2.05) is 30.6 Å². The maximum atomic E-state index is 4.83. The maximum Gasteiger partial charge on any atom is 0.159 e. The minimum Gasteiger partial charge on any atom is -0.236 e. The van der Waals surface area contributed by atoms with E-state index in [1.165, 1.54) is 33.4 Å². The van der Waals surface area contributed by atoms with E-state index in [0.29, 0.717) is 5.82 Å². The van der Waals surface area contributed by atoms with Gasteiger partial charge >= 0.3 is 0 Å². The van der Waals surface area contributed by atoms with Crippen LogP contribution in [0.3, 0.4) is 0 Å². The van der Waals surface area contributed by atoms with Gasteiger partial charge in [0.15, 0.2) is 5.82 Å². The zero-order chi connectivity index (χ0) is 29.9. The van der Waals surface area contributed by atoms with E-state index in [9.17, 15) is 0 Å². The van der Waals surface area contributed by atoms with Crippen LogP contribution in [0.4, 0.5) is 0 Å². The molecule has 0 aliphatic heterocycles. The Morgan fingerprint density at radius 1 is 0.295 bits per heavy atom. The van der Waals surface area contributed by atoms with Crippen molar-refractivity contribution in [2.24, 2.45) is 0 Å². The fourth-order valence-corrected chi connectivity index (χ4v) is 5.75. The fourth-order valence-electron chi connectivity index (χ4n) is 5.75. The average Bonchev–Trinajstić information content (AvgIpc) is 3.09. The summed E-state index contributed by atoms with van der Waals surface area (Å²) in [4.78, 5) is 9.67. The van der Waals surface area contributed by atoms with Gasteiger partial charge in [0.25, 0.3) is 0 Å². The number of rotatable bonds is 6. The molecule has 0 saturated heterocycles. The highest BCUT2D eigenvalue weighted by Crippen LogP contribution is 2.35. The zero-order valence-corrected chi connectivity index (χ0v) is 24.9. The van der Waals surface area contributed by atoms with Crippen LogP contribution in [0, 0.1) is 13.8 Å². The van der Waals surface area contributed by atoms with Crippen molar-refractivity contribution in [1.82, 2.24) is 9.97 Å². The Hall–Kier alpha value is -5.60. The van der Waals surface area contributed by atoms with E-state index in [-0.39, 0.29) is 0 Å². The second-order valence-electron chi connectivity index (χ2n) is 11.4. The molecule has 0 unspecified atom stereocenters. The monoisotopic (exact) mass is 564 g/mol. The molecule has 0 fully saturated rings. The van der Waals surface area contributed by atoms with Crippen LogP contribution in [0.25, 0.3) is 67.0 Å². The molecule has 7 aromatic rings. The molecule has 6 aromatic carbocycles. The van der Waals surface area contributed by atoms with Gasteiger partial charge in [0, 0.05) is 23.5 Å². The lowest BCUT2D eigenvalue weighted by molar-refractivity contribution is 1.18. The molecule has 2 heteroatoms. The van der Waals surface area contributed by atoms with Crippen molar-refractivity contribution in [2.75, 3.05) is 0 Å². The van der Waals surface area contributed by atoms with Crippen LogP contribution < -0.4 is 0 Å². The number of hydrogen-bond donors (Lipinski definition) is 0. The third-order valence-corrected chi connectivity index (χ3v) is 8.04. The molecule has 0 aliphatic rings. The van der Waals surface area contributed by atoms with Crippen molar-refractivity contribution in [3.63, 3.8) is 0 Å². The minimum atomic E-state index is 0.706. The summed E-state index contributed by atoms with van der Waals surface area (Å²) in [5, 5.41) is 0. The highest BCUT2D eigenvalue weighted by atomic mass is 14.9. The predicted molar refractivity (Wildman–Crippen MR) is 184 cm³/mol. The van der Waals surface area contributed by atoms with E-state index >= 15 is 0 Å². The summed E-state index contributed by atoms with van der Waals surface area (Å²) >= 11 is 0. The molecular weight excluding hydrogens is 532 g/mol. The van der Waals surface area contributed by atoms with Gasteiger partial charge < -0.3 is 0 Å². The molecule has 0 atom stereocenters. The topological polar surface area (TPSA) is 25.8 Å². The molecule has 0 spiro atoms. The first-order chi connectivity index (χ1) is 21.6. The molecule has 2 nitrogen and oxygen atoms in total. The van der Waals surface area contributed by atoms with Crippen LogP contribution in [0.2, 0.25) is 0 Å². The van der Waals surface area contributed by atoms with Gasteiger partial charge in [0.05, 0.1) is 0 Å². The molecule has 44 heavy (non-hydrogen) atoms. The van der Waals surface area contributed by atoms with Gasteiger partial charge in [-0.15, -0.1) is 0 Å². The van der Waals surface area contributed by atoms with E-state index in [4.69, 9.17) is 9.97 Å². The number of hydrogen-bond acceptors (Lipinski definition) is 2. The minimum absolute atomic E-state index is 0.706. The Bertz CT molecular complexity index is 1970. The quantitative estimate of drug-likeness (QED) is 0.201. The van der Waals surface area contributed by atoms with Gasteiger partial charge in [-0.3, -0.25) is 0 Å². The second-order valence-corrected chi connectivity index (χ2v) is 11.4. The second kappa shape index (κ2) is 11.9. The summed E-state index contributed by atoms with van der Waals surface area (Å²) in [6.07, 6.45) is 3.83. The van der Waals surface area contributed by atoms with Crippen LogP contribution in [-0.2, 0) is 0 Å². The lowest BCUT2D eigenvalue weighted by Crippen LogP contribution is -1.92. The average molecular weight is 565 g/mol. The lowest BCUT2D eigenvalue weighted by atomic mass is 9.92. The molecule has 1 heterocycles. The van der Waals surface area contributed by atoms with Crippen molar-refractivity contribution in [2.45, 2.75) is 13.8 Å². The molecule has 0 N–H and O–H groups in total. The van der Waals surface area contributed by atoms with Crippen LogP contribution in [0.5, 0.6) is 0 Å². The van der Waals surface area contributed by atoms with Crippen LogP contribution in [-0.4, -0.2) is 9.97 Å². The van der Waals surface area contributed by atoms with E-state index < -0.39 is 0 Å². The van der Waals surface area contributed by atoms with Gasteiger partial charge in [-0.05, 0) is 94.3 Å². The van der Waals surface area contributed by atoms with E-state index in [1.54, 1.807) is 0 Å². The van der Waals surface area contributed by atoms with Crippen molar-refractivity contribution in [3.8, 4) is 67.0 Å². The Kier molecular flexibility index (Phi) is 7.40. The first kappa shape index (κ1) is 27.2. The molecule has 0 amide bonds. The van der Waals surface area contributed by atoms with Gasteiger partial charge in [0.1, 0.15) is 0 Å². The zero-order valence-electron chi connectivity index (χ0n) is 24.9. The Labute approximate surface area is 259 Å². The molecule has 0 aliphatic carbocycles. The number of benzene rings is 6. The van der Waals surface area contributed by atoms with Gasteiger partial charge in [-0.2, -0.15) is 0 Å². The molecule has 1 aromatic heterocycles. The molecule has 0 bridgehead atoms. The number of aryl methyl sites for hydroxylation is 2. The Morgan fingerprint density at radius 3 is 1.14 bits per heavy atom. The Morgan fingerprint density at radius 2 is 0.659 bits per heavy atom. The number of aromatic nitrogens is 2. The summed E-state index contributed by atoms with van der Waals surface area (Å²) < 4.78 is 0. The lowest BCUT2D eigenvalue weighted by Gasteiger charge is -2.13. The van der Waals surface area contributed by atoms with E-state index in [0.717, 1.165) is 38.9 Å². The summed E-state index contributed by atoms with van der Waals surface area (Å²) in [5.74, 6) is 0.706. The fraction of sp³-hybridized carbons (Fsp3) is 0.0476. The third-order valence-electron chi connectivity index (χ3n) is 8.04. The predicted octanol–water partition coefficient (Wildman–Crippen LogP) is 11.1. The third kappa shape index (κ3) is 5.84. The van der Waals surface area contributed by atoms with Gasteiger partial charge in [-0.25, -0.2) is 9.97 Å². The van der Waals surface area contributed by atoms with Crippen molar-refractivity contribution >= 4 is 0 Å². The SMILES string of the molecule is Cc1cccc(-c2cccc(-c3cc(-c4cccc(-c5cccc(C)c5)c4)cc(-c4ncc(-c5ccccc5)cn4)c3)c2)c1. The van der Waals surface area contributed by atoms with Crippen molar-refractivity contribution in [1.29, 1.82) is 0 Å². The maximum absolute atomic E-state index is 4.83. The van der Waals surface area contributed by atoms with Gasteiger partial charge in [-0.1, -0.05) is 126 Å². The smallest absolute Gasteiger partial charge is 0.159 e. The highest BCUT2D eigenvalue weighted by Gasteiger charge is 2.12. The molecule has 210 valence electrons. The highest BCUT2D eigenvalue weighted by molar-refractivity contribution is 5.83. The first-order valence-corrected chi connectivity index (χ1v) is 15.0. The van der Waals surface area contributed by atoms with Crippen LogP contribution >= 0.6 is 0 Å². The van der Waals surface area contributed by atoms with Crippen molar-refractivity contribution in [3.05, 3.63) is 169 Å². The molecule has 7 rings (SSSR count). The molecular formula is C42H32N2. The summed E-state index contributed by atoms with van der Waals surface area (Å²) in [7, 11) is 0. The Balaban J connectivity index is 1.35. The van der Waals surface area contributed by atoms with E-state index in [2.05, 4.69) is 141 Å². The standard InChI is InChI=1S/C42H32N2/c1-29-10-6-14-32(20-29)34-16-8-18-36(22-34)38-24-39(37-19-9-17-35(23-37)33-15-7-11-30(2)21-33)26-40(25-38)42-43-27-41(28-44-42)31-12-4-3-5-13-31/h3-28H,1-2H3. The summed E-state index contributed by atoms with van der Waals surface area (Å²) in [6, 6.07) is 51.9. The molecule has 0 radical (unpaired) electrons. The largest absolute Gasteiger partial charge is 0.236 e. The number of nitrogens with zero attached hydrogens (tertiary/aromatic N) is 2. The van der Waals surface area contributed by atoms with Gasteiger partial charge in [0.2, 0.25) is 0 Å². The van der Waals surface area contributed by atoms with Crippen LogP contribution in [0.1, 0.15) is 11.1 Å². The summed E-state index contributed by atoms with van der Waals surface area (Å²) in [5.41, 5.74) is 15.0. The summed E-state index contributed by atoms with van der Waals surface area (Å²) in [6.45, 7) is 4.27. The van der Waals surface area contributed by atoms with Crippen LogP contribution in [0.15, 0.2) is 158 Å².